The molecule has 1 amide bonds. The van der Waals surface area contributed by atoms with Gasteiger partial charge in [0.25, 0.3) is 0 Å². The van der Waals surface area contributed by atoms with Gasteiger partial charge in [0.1, 0.15) is 0 Å². The molecule has 0 bridgehead atoms. The Morgan fingerprint density at radius 2 is 1.74 bits per heavy atom. The lowest BCUT2D eigenvalue weighted by atomic mass is 10.1. The molecule has 1 aromatic carbocycles. The van der Waals surface area contributed by atoms with E-state index in [4.69, 9.17) is 0 Å². The van der Waals surface area contributed by atoms with Crippen LogP contribution in [0.25, 0.3) is 0 Å². The highest BCUT2D eigenvalue weighted by Gasteiger charge is 2.09. The Labute approximate surface area is 117 Å². The van der Waals surface area contributed by atoms with Gasteiger partial charge < -0.3 is 5.32 Å². The summed E-state index contributed by atoms with van der Waals surface area (Å²) in [7, 11) is 0. The van der Waals surface area contributed by atoms with Crippen LogP contribution in [0.1, 0.15) is 38.8 Å². The summed E-state index contributed by atoms with van der Waals surface area (Å²) in [5.74, 6) is 0.146. The van der Waals surface area contributed by atoms with Crippen LogP contribution >= 0.6 is 0 Å². The van der Waals surface area contributed by atoms with Gasteiger partial charge in [0.2, 0.25) is 5.91 Å². The molecule has 0 unspecified atom stereocenters. The summed E-state index contributed by atoms with van der Waals surface area (Å²) in [6.45, 7) is 11.8. The number of hydrogen-bond acceptors (Lipinski definition) is 2. The van der Waals surface area contributed by atoms with E-state index in [9.17, 15) is 4.79 Å². The fourth-order valence-corrected chi connectivity index (χ4v) is 1.96. The van der Waals surface area contributed by atoms with Crippen molar-refractivity contribution in [1.82, 2.24) is 10.2 Å². The van der Waals surface area contributed by atoms with E-state index < -0.39 is 0 Å². The molecule has 0 radical (unpaired) electrons. The molecule has 0 aliphatic carbocycles. The van der Waals surface area contributed by atoms with Crippen LogP contribution in [0.2, 0.25) is 0 Å². The Kier molecular flexibility index (Phi) is 6.57. The molecule has 0 fully saturated rings. The van der Waals surface area contributed by atoms with Crippen LogP contribution in [0.15, 0.2) is 24.3 Å². The highest BCUT2D eigenvalue weighted by Crippen LogP contribution is 2.12. The van der Waals surface area contributed by atoms with Crippen molar-refractivity contribution < 1.29 is 4.79 Å². The molecule has 0 saturated carbocycles. The van der Waals surface area contributed by atoms with E-state index >= 15 is 0 Å². The van der Waals surface area contributed by atoms with Crippen LogP contribution in [-0.2, 0) is 17.9 Å². The van der Waals surface area contributed by atoms with E-state index in [1.54, 1.807) is 0 Å². The lowest BCUT2D eigenvalue weighted by Crippen LogP contribution is -2.28. The van der Waals surface area contributed by atoms with Crippen molar-refractivity contribution >= 4 is 5.91 Å². The van der Waals surface area contributed by atoms with Gasteiger partial charge in [0.15, 0.2) is 0 Å². The molecule has 106 valence electrons. The number of rotatable bonds is 7. The number of carbonyl (C=O) groups is 1. The third-order valence-electron chi connectivity index (χ3n) is 3.38. The molecule has 1 rings (SSSR count). The maximum absolute atomic E-state index is 11.6. The lowest BCUT2D eigenvalue weighted by molar-refractivity contribution is -0.124. The maximum atomic E-state index is 11.6. The average Bonchev–Trinajstić information content (AvgIpc) is 2.42. The van der Waals surface area contributed by atoms with E-state index in [0.717, 1.165) is 19.6 Å². The summed E-state index contributed by atoms with van der Waals surface area (Å²) in [6, 6.07) is 8.34. The van der Waals surface area contributed by atoms with Crippen molar-refractivity contribution in [2.45, 2.75) is 40.8 Å². The van der Waals surface area contributed by atoms with Gasteiger partial charge in [-0.2, -0.15) is 0 Å². The second-order valence-corrected chi connectivity index (χ2v) is 5.10. The van der Waals surface area contributed by atoms with Crippen molar-refractivity contribution in [3.8, 4) is 0 Å². The van der Waals surface area contributed by atoms with Gasteiger partial charge in [-0.1, -0.05) is 52.0 Å². The topological polar surface area (TPSA) is 32.3 Å². The van der Waals surface area contributed by atoms with Gasteiger partial charge in [-0.15, -0.1) is 0 Å². The van der Waals surface area contributed by atoms with Crippen LogP contribution in [0.5, 0.6) is 0 Å². The molecular weight excluding hydrogens is 236 g/mol. The van der Waals surface area contributed by atoms with Crippen molar-refractivity contribution in [3.05, 3.63) is 35.4 Å². The van der Waals surface area contributed by atoms with Crippen LogP contribution in [0.3, 0.4) is 0 Å². The van der Waals surface area contributed by atoms with E-state index in [1.807, 2.05) is 19.9 Å². The second kappa shape index (κ2) is 7.95. The molecule has 0 aromatic heterocycles. The smallest absolute Gasteiger partial charge is 0.222 e. The molecule has 0 spiro atoms. The first-order valence-electron chi connectivity index (χ1n) is 7.15. The van der Waals surface area contributed by atoms with E-state index in [-0.39, 0.29) is 11.8 Å². The molecule has 19 heavy (non-hydrogen) atoms. The molecular formula is C16H26N2O. The minimum absolute atomic E-state index is 0.0370. The largest absolute Gasteiger partial charge is 0.352 e. The molecule has 0 saturated heterocycles. The highest BCUT2D eigenvalue weighted by molar-refractivity contribution is 5.77. The molecule has 1 N–H and O–H groups in total. The van der Waals surface area contributed by atoms with Gasteiger partial charge in [0.05, 0.1) is 0 Å². The zero-order valence-corrected chi connectivity index (χ0v) is 12.6. The zero-order valence-electron chi connectivity index (χ0n) is 12.6. The molecule has 0 aliphatic heterocycles. The molecule has 0 heterocycles. The number of carbonyl (C=O) groups excluding carboxylic acids is 1. The molecule has 1 aromatic rings. The molecule has 0 atom stereocenters. The number of benzene rings is 1. The Morgan fingerprint density at radius 1 is 1.16 bits per heavy atom. The minimum atomic E-state index is 0.0370. The summed E-state index contributed by atoms with van der Waals surface area (Å²) >= 11 is 0. The number of nitrogens with zero attached hydrogens (tertiary/aromatic N) is 1. The number of nitrogens with one attached hydrogen (secondary N) is 1. The van der Waals surface area contributed by atoms with Gasteiger partial charge in [-0.25, -0.2) is 0 Å². The Bertz CT molecular complexity index is 397. The first-order valence-corrected chi connectivity index (χ1v) is 7.15. The predicted molar refractivity (Wildman–Crippen MR) is 79.8 cm³/mol. The lowest BCUT2D eigenvalue weighted by Gasteiger charge is -2.20. The van der Waals surface area contributed by atoms with Crippen LogP contribution in [0.4, 0.5) is 0 Å². The summed E-state index contributed by atoms with van der Waals surface area (Å²) in [6.07, 6.45) is 0. The average molecular weight is 262 g/mol. The third kappa shape index (κ3) is 5.03. The van der Waals surface area contributed by atoms with Crippen molar-refractivity contribution in [3.63, 3.8) is 0 Å². The predicted octanol–water partition coefficient (Wildman–Crippen LogP) is 2.80. The Hall–Kier alpha value is -1.35. The second-order valence-electron chi connectivity index (χ2n) is 5.10. The monoisotopic (exact) mass is 262 g/mol. The molecule has 0 aliphatic rings. The first kappa shape index (κ1) is 15.7. The van der Waals surface area contributed by atoms with Crippen molar-refractivity contribution in [2.24, 2.45) is 5.92 Å². The van der Waals surface area contributed by atoms with E-state index in [1.165, 1.54) is 11.1 Å². The Balaban J connectivity index is 2.70. The fourth-order valence-electron chi connectivity index (χ4n) is 1.96. The van der Waals surface area contributed by atoms with Gasteiger partial charge in [-0.05, 0) is 24.2 Å². The quantitative estimate of drug-likeness (QED) is 0.819. The fraction of sp³-hybridized carbons (Fsp3) is 0.562. The summed E-state index contributed by atoms with van der Waals surface area (Å²) in [5.41, 5.74) is 2.51. The Morgan fingerprint density at radius 3 is 2.26 bits per heavy atom. The SMILES string of the molecule is CCN(CC)Cc1ccccc1CNC(=O)C(C)C. The molecule has 3 nitrogen and oxygen atoms in total. The van der Waals surface area contributed by atoms with Crippen LogP contribution in [0, 0.1) is 5.92 Å². The normalized spacial score (nSPS) is 11.1. The summed E-state index contributed by atoms with van der Waals surface area (Å²) in [5, 5.41) is 2.99. The van der Waals surface area contributed by atoms with Crippen LogP contribution in [-0.4, -0.2) is 23.9 Å². The summed E-state index contributed by atoms with van der Waals surface area (Å²) in [4.78, 5) is 14.0. The minimum Gasteiger partial charge on any atom is -0.352 e. The first-order chi connectivity index (χ1) is 9.08. The standard InChI is InChI=1S/C16H26N2O/c1-5-18(6-2)12-15-10-8-7-9-14(15)11-17-16(19)13(3)4/h7-10,13H,5-6,11-12H2,1-4H3,(H,17,19). The van der Waals surface area contributed by atoms with Gasteiger partial charge in [-0.3, -0.25) is 9.69 Å². The van der Waals surface area contributed by atoms with E-state index in [2.05, 4.69) is 42.3 Å². The maximum Gasteiger partial charge on any atom is 0.222 e. The van der Waals surface area contributed by atoms with Crippen molar-refractivity contribution in [1.29, 1.82) is 0 Å². The van der Waals surface area contributed by atoms with Gasteiger partial charge in [0, 0.05) is 19.0 Å². The van der Waals surface area contributed by atoms with Gasteiger partial charge >= 0.3 is 0 Å². The van der Waals surface area contributed by atoms with E-state index in [0.29, 0.717) is 6.54 Å². The molecule has 3 heteroatoms. The third-order valence-corrected chi connectivity index (χ3v) is 3.38. The summed E-state index contributed by atoms with van der Waals surface area (Å²) < 4.78 is 0. The van der Waals surface area contributed by atoms with Crippen molar-refractivity contribution in [2.75, 3.05) is 13.1 Å². The highest BCUT2D eigenvalue weighted by atomic mass is 16.1. The number of hydrogen-bond donors (Lipinski definition) is 1. The number of amides is 1. The van der Waals surface area contributed by atoms with Crippen LogP contribution < -0.4 is 5.32 Å². The zero-order chi connectivity index (χ0) is 14.3.